The second kappa shape index (κ2) is 6.85. The molecule has 1 aromatic carbocycles. The van der Waals surface area contributed by atoms with Crippen LogP contribution in [0.15, 0.2) is 47.1 Å². The average Bonchev–Trinajstić information content (AvgIpc) is 2.96. The number of nitrogens with one attached hydrogen (secondary N) is 1. The molecule has 0 saturated heterocycles. The van der Waals surface area contributed by atoms with Gasteiger partial charge in [-0.05, 0) is 19.1 Å². The number of ketones is 1. The molecule has 0 saturated carbocycles. The monoisotopic (exact) mass is 287 g/mol. The summed E-state index contributed by atoms with van der Waals surface area (Å²) in [6.07, 6.45) is 1.26. The lowest BCUT2D eigenvalue weighted by Gasteiger charge is -2.15. The van der Waals surface area contributed by atoms with Crippen molar-refractivity contribution in [3.05, 3.63) is 59.5 Å². The minimum Gasteiger partial charge on any atom is -0.481 e. The molecule has 21 heavy (non-hydrogen) atoms. The quantitative estimate of drug-likeness (QED) is 0.764. The summed E-state index contributed by atoms with van der Waals surface area (Å²) in [6, 6.07) is 9.80. The maximum absolute atomic E-state index is 12.4. The third kappa shape index (κ3) is 4.29. The van der Waals surface area contributed by atoms with Gasteiger partial charge in [-0.15, -0.1) is 0 Å². The van der Waals surface area contributed by atoms with Crippen LogP contribution >= 0.6 is 0 Å². The number of hydrogen-bond donors (Lipinski definition) is 2. The molecule has 0 amide bonds. The first-order chi connectivity index (χ1) is 10.1. The van der Waals surface area contributed by atoms with Crippen LogP contribution in [0.2, 0.25) is 0 Å². The van der Waals surface area contributed by atoms with E-state index in [4.69, 9.17) is 9.52 Å². The molecule has 2 rings (SSSR count). The summed E-state index contributed by atoms with van der Waals surface area (Å²) in [6.45, 7) is 2.24. The van der Waals surface area contributed by atoms with Crippen molar-refractivity contribution in [1.29, 1.82) is 0 Å². The number of carboxylic acid groups (broad SMARTS) is 1. The van der Waals surface area contributed by atoms with Gasteiger partial charge in [0.05, 0.1) is 25.3 Å². The van der Waals surface area contributed by atoms with Crippen molar-refractivity contribution in [2.24, 2.45) is 0 Å². The van der Waals surface area contributed by atoms with Crippen LogP contribution in [0.3, 0.4) is 0 Å². The Morgan fingerprint density at radius 3 is 2.52 bits per heavy atom. The Balaban J connectivity index is 2.08. The maximum Gasteiger partial charge on any atom is 0.305 e. The number of rotatable bonds is 7. The van der Waals surface area contributed by atoms with Gasteiger partial charge in [0.2, 0.25) is 0 Å². The summed E-state index contributed by atoms with van der Waals surface area (Å²) in [5.74, 6) is -0.599. The van der Waals surface area contributed by atoms with Gasteiger partial charge in [0, 0.05) is 5.56 Å². The zero-order valence-corrected chi connectivity index (χ0v) is 11.7. The van der Waals surface area contributed by atoms with Crippen LogP contribution in [0.4, 0.5) is 0 Å². The van der Waals surface area contributed by atoms with Gasteiger partial charge in [-0.1, -0.05) is 29.8 Å². The second-order valence-electron chi connectivity index (χ2n) is 4.84. The van der Waals surface area contributed by atoms with Crippen molar-refractivity contribution >= 4 is 11.8 Å². The van der Waals surface area contributed by atoms with Gasteiger partial charge < -0.3 is 9.52 Å². The van der Waals surface area contributed by atoms with E-state index in [2.05, 4.69) is 5.32 Å². The van der Waals surface area contributed by atoms with E-state index in [0.29, 0.717) is 17.9 Å². The Morgan fingerprint density at radius 2 is 1.95 bits per heavy atom. The summed E-state index contributed by atoms with van der Waals surface area (Å²) < 4.78 is 5.17. The highest BCUT2D eigenvalue weighted by atomic mass is 16.4. The van der Waals surface area contributed by atoms with Crippen molar-refractivity contribution in [2.45, 2.75) is 25.9 Å². The van der Waals surface area contributed by atoms with Crippen molar-refractivity contribution in [1.82, 2.24) is 5.32 Å². The van der Waals surface area contributed by atoms with Crippen LogP contribution in [-0.4, -0.2) is 22.9 Å². The van der Waals surface area contributed by atoms with E-state index in [1.54, 1.807) is 24.3 Å². The van der Waals surface area contributed by atoms with Crippen molar-refractivity contribution in [3.63, 3.8) is 0 Å². The fourth-order valence-electron chi connectivity index (χ4n) is 1.99. The zero-order chi connectivity index (χ0) is 15.2. The molecule has 0 aliphatic rings. The largest absolute Gasteiger partial charge is 0.481 e. The number of aliphatic carboxylic acids is 1. The van der Waals surface area contributed by atoms with Gasteiger partial charge in [-0.3, -0.25) is 14.9 Å². The van der Waals surface area contributed by atoms with E-state index < -0.39 is 12.0 Å². The molecule has 0 aliphatic carbocycles. The number of carboxylic acids is 1. The molecule has 1 aromatic heterocycles. The predicted octanol–water partition coefficient (Wildman–Crippen LogP) is 2.40. The summed E-state index contributed by atoms with van der Waals surface area (Å²) >= 11 is 0. The SMILES string of the molecule is Cc1ccc(C(=O)C(CC(=O)O)NCc2ccco2)cc1. The topological polar surface area (TPSA) is 79.5 Å². The van der Waals surface area contributed by atoms with Crippen LogP contribution in [0.25, 0.3) is 0 Å². The number of Topliss-reactive ketones (excluding diaryl/α,β-unsaturated/α-hetero) is 1. The van der Waals surface area contributed by atoms with Gasteiger partial charge in [0.25, 0.3) is 0 Å². The van der Waals surface area contributed by atoms with Crippen molar-refractivity contribution in [3.8, 4) is 0 Å². The zero-order valence-electron chi connectivity index (χ0n) is 11.7. The molecule has 1 heterocycles. The molecule has 1 atom stereocenters. The normalized spacial score (nSPS) is 12.0. The molecule has 5 nitrogen and oxygen atoms in total. The highest BCUT2D eigenvalue weighted by molar-refractivity contribution is 6.01. The number of furan rings is 1. The first-order valence-corrected chi connectivity index (χ1v) is 6.64. The lowest BCUT2D eigenvalue weighted by Crippen LogP contribution is -2.38. The molecular formula is C16H17NO4. The molecule has 0 spiro atoms. The first kappa shape index (κ1) is 15.0. The summed E-state index contributed by atoms with van der Waals surface area (Å²) in [5, 5.41) is 11.9. The second-order valence-corrected chi connectivity index (χ2v) is 4.84. The van der Waals surface area contributed by atoms with E-state index in [1.165, 1.54) is 6.26 Å². The van der Waals surface area contributed by atoms with Crippen LogP contribution in [0.1, 0.15) is 28.1 Å². The lowest BCUT2D eigenvalue weighted by atomic mass is 10.0. The van der Waals surface area contributed by atoms with Gasteiger partial charge >= 0.3 is 5.97 Å². The van der Waals surface area contributed by atoms with Crippen LogP contribution < -0.4 is 5.32 Å². The average molecular weight is 287 g/mol. The Labute approximate surface area is 122 Å². The van der Waals surface area contributed by atoms with E-state index in [1.807, 2.05) is 19.1 Å². The van der Waals surface area contributed by atoms with E-state index in [9.17, 15) is 9.59 Å². The number of hydrogen-bond acceptors (Lipinski definition) is 4. The Morgan fingerprint density at radius 1 is 1.24 bits per heavy atom. The fourth-order valence-corrected chi connectivity index (χ4v) is 1.99. The molecule has 0 fully saturated rings. The van der Waals surface area contributed by atoms with Crippen molar-refractivity contribution in [2.75, 3.05) is 0 Å². The molecule has 0 bridgehead atoms. The molecular weight excluding hydrogens is 270 g/mol. The molecule has 1 unspecified atom stereocenters. The number of carbonyl (C=O) groups is 2. The smallest absolute Gasteiger partial charge is 0.305 e. The fraction of sp³-hybridized carbons (Fsp3) is 0.250. The molecule has 5 heteroatoms. The molecule has 2 N–H and O–H groups in total. The Hall–Kier alpha value is -2.40. The highest BCUT2D eigenvalue weighted by Crippen LogP contribution is 2.10. The van der Waals surface area contributed by atoms with E-state index >= 15 is 0 Å². The number of benzene rings is 1. The molecule has 2 aromatic rings. The van der Waals surface area contributed by atoms with E-state index in [-0.39, 0.29) is 12.2 Å². The molecule has 0 aliphatic heterocycles. The lowest BCUT2D eigenvalue weighted by molar-refractivity contribution is -0.137. The van der Waals surface area contributed by atoms with Gasteiger partial charge in [0.15, 0.2) is 5.78 Å². The predicted molar refractivity (Wildman–Crippen MR) is 77.1 cm³/mol. The van der Waals surface area contributed by atoms with Crippen molar-refractivity contribution < 1.29 is 19.1 Å². The Kier molecular flexibility index (Phi) is 4.90. The number of aryl methyl sites for hydroxylation is 1. The summed E-state index contributed by atoms with van der Waals surface area (Å²) in [5.41, 5.74) is 1.55. The van der Waals surface area contributed by atoms with Crippen LogP contribution in [0.5, 0.6) is 0 Å². The number of carbonyl (C=O) groups excluding carboxylic acids is 1. The highest BCUT2D eigenvalue weighted by Gasteiger charge is 2.22. The van der Waals surface area contributed by atoms with Gasteiger partial charge in [-0.25, -0.2) is 0 Å². The van der Waals surface area contributed by atoms with Gasteiger partial charge in [-0.2, -0.15) is 0 Å². The Bertz CT molecular complexity index is 602. The van der Waals surface area contributed by atoms with Gasteiger partial charge in [0.1, 0.15) is 5.76 Å². The minimum atomic E-state index is -1.02. The molecule has 110 valence electrons. The third-order valence-electron chi connectivity index (χ3n) is 3.13. The first-order valence-electron chi connectivity index (χ1n) is 6.64. The maximum atomic E-state index is 12.4. The van der Waals surface area contributed by atoms with E-state index in [0.717, 1.165) is 5.56 Å². The summed E-state index contributed by atoms with van der Waals surface area (Å²) in [4.78, 5) is 23.3. The minimum absolute atomic E-state index is 0.232. The summed E-state index contributed by atoms with van der Waals surface area (Å²) in [7, 11) is 0. The third-order valence-corrected chi connectivity index (χ3v) is 3.13. The molecule has 0 radical (unpaired) electrons. The van der Waals surface area contributed by atoms with Crippen LogP contribution in [-0.2, 0) is 11.3 Å². The van der Waals surface area contributed by atoms with Crippen LogP contribution in [0, 0.1) is 6.92 Å². The standard InChI is InChI=1S/C16H17NO4/c1-11-4-6-12(7-5-11)16(20)14(9-15(18)19)17-10-13-3-2-8-21-13/h2-8,14,17H,9-10H2,1H3,(H,18,19).